The smallest absolute Gasteiger partial charge is 0.188 e. The van der Waals surface area contributed by atoms with E-state index in [0.717, 1.165) is 0 Å². The summed E-state index contributed by atoms with van der Waals surface area (Å²) in [5.41, 5.74) is 0.790. The van der Waals surface area contributed by atoms with Crippen molar-refractivity contribution in [3.8, 4) is 0 Å². The average Bonchev–Trinajstić information content (AvgIpc) is 2.02. The lowest BCUT2D eigenvalue weighted by molar-refractivity contribution is 0.0851. The van der Waals surface area contributed by atoms with Gasteiger partial charge in [0.15, 0.2) is 5.78 Å². The molecule has 0 spiro atoms. The van der Waals surface area contributed by atoms with Crippen molar-refractivity contribution in [3.63, 3.8) is 0 Å². The highest BCUT2D eigenvalue weighted by molar-refractivity contribution is 5.98. The Morgan fingerprint density at radius 2 is 1.77 bits per heavy atom. The summed E-state index contributed by atoms with van der Waals surface area (Å²) in [6, 6.07) is 0. The molecule has 0 N–H and O–H groups in total. The van der Waals surface area contributed by atoms with Crippen LogP contribution in [0.15, 0.2) is 12.4 Å². The van der Waals surface area contributed by atoms with E-state index in [1.807, 2.05) is 20.8 Å². The van der Waals surface area contributed by atoms with Gasteiger partial charge in [0.05, 0.1) is 5.69 Å². The number of Topliss-reactive ketones (excluding diaryl/α,β-unsaturated/α-hetero) is 1. The summed E-state index contributed by atoms with van der Waals surface area (Å²) >= 11 is 0. The van der Waals surface area contributed by atoms with Crippen LogP contribution in [0.4, 0.5) is 0 Å². The molecule has 1 heterocycles. The maximum Gasteiger partial charge on any atom is 0.188 e. The fourth-order valence-corrected chi connectivity index (χ4v) is 0.986. The molecule has 0 amide bonds. The van der Waals surface area contributed by atoms with Crippen molar-refractivity contribution < 1.29 is 4.79 Å². The molecule has 0 aliphatic heterocycles. The average molecular weight is 178 g/mol. The molecule has 0 saturated heterocycles. The monoisotopic (exact) mass is 178 g/mol. The van der Waals surface area contributed by atoms with Crippen LogP contribution in [0.25, 0.3) is 0 Å². The fourth-order valence-electron chi connectivity index (χ4n) is 0.986. The van der Waals surface area contributed by atoms with E-state index in [1.165, 1.54) is 0 Å². The Morgan fingerprint density at radius 3 is 2.23 bits per heavy atom. The minimum absolute atomic E-state index is 0.0399. The van der Waals surface area contributed by atoms with Crippen LogP contribution in [0.3, 0.4) is 0 Å². The highest BCUT2D eigenvalue weighted by Crippen LogP contribution is 2.20. The molecule has 0 atom stereocenters. The van der Waals surface area contributed by atoms with Gasteiger partial charge in [-0.3, -0.25) is 9.78 Å². The second-order valence-corrected chi connectivity index (χ2v) is 4.07. The van der Waals surface area contributed by atoms with Crippen molar-refractivity contribution in [1.82, 2.24) is 9.97 Å². The van der Waals surface area contributed by atoms with Crippen molar-refractivity contribution in [2.24, 2.45) is 5.41 Å². The molecule has 1 rings (SSSR count). The van der Waals surface area contributed by atoms with Gasteiger partial charge >= 0.3 is 0 Å². The third-order valence-electron chi connectivity index (χ3n) is 1.78. The molecular weight excluding hydrogens is 164 g/mol. The molecule has 0 aromatic carbocycles. The molecular formula is C10H14N2O. The van der Waals surface area contributed by atoms with E-state index in [9.17, 15) is 4.79 Å². The van der Waals surface area contributed by atoms with Crippen LogP contribution in [0, 0.1) is 12.3 Å². The van der Waals surface area contributed by atoms with E-state index in [-0.39, 0.29) is 11.2 Å². The number of aromatic nitrogens is 2. The Bertz CT molecular complexity index is 326. The number of nitrogens with zero attached hydrogens (tertiary/aromatic N) is 2. The van der Waals surface area contributed by atoms with E-state index in [1.54, 1.807) is 19.3 Å². The van der Waals surface area contributed by atoms with Crippen LogP contribution in [-0.4, -0.2) is 15.8 Å². The summed E-state index contributed by atoms with van der Waals surface area (Å²) in [7, 11) is 0. The topological polar surface area (TPSA) is 42.9 Å². The number of rotatable bonds is 1. The molecule has 0 bridgehead atoms. The Kier molecular flexibility index (Phi) is 2.45. The van der Waals surface area contributed by atoms with Gasteiger partial charge in [0, 0.05) is 17.8 Å². The number of ketones is 1. The Morgan fingerprint density at radius 1 is 1.23 bits per heavy atom. The molecule has 13 heavy (non-hydrogen) atoms. The number of hydrogen-bond acceptors (Lipinski definition) is 3. The molecule has 0 unspecified atom stereocenters. The normalized spacial score (nSPS) is 11.4. The van der Waals surface area contributed by atoms with E-state index >= 15 is 0 Å². The van der Waals surface area contributed by atoms with Gasteiger partial charge in [0.1, 0.15) is 5.69 Å². The molecule has 3 nitrogen and oxygen atoms in total. The molecule has 0 saturated carbocycles. The molecule has 0 aliphatic carbocycles. The first-order valence-electron chi connectivity index (χ1n) is 4.25. The minimum Gasteiger partial charge on any atom is -0.292 e. The third-order valence-corrected chi connectivity index (χ3v) is 1.78. The first-order valence-corrected chi connectivity index (χ1v) is 4.25. The number of carbonyl (C=O) groups is 1. The maximum absolute atomic E-state index is 11.8. The fraction of sp³-hybridized carbons (Fsp3) is 0.500. The van der Waals surface area contributed by atoms with Gasteiger partial charge < -0.3 is 0 Å². The zero-order valence-electron chi connectivity index (χ0n) is 8.46. The Balaban J connectivity index is 3.10. The highest BCUT2D eigenvalue weighted by Gasteiger charge is 2.25. The number of carbonyl (C=O) groups excluding carboxylic acids is 1. The lowest BCUT2D eigenvalue weighted by Crippen LogP contribution is -2.22. The van der Waals surface area contributed by atoms with Gasteiger partial charge in [0.25, 0.3) is 0 Å². The molecule has 0 radical (unpaired) electrons. The summed E-state index contributed by atoms with van der Waals surface area (Å²) in [5, 5.41) is 0. The summed E-state index contributed by atoms with van der Waals surface area (Å²) in [5.74, 6) is 0.0399. The lowest BCUT2D eigenvalue weighted by Gasteiger charge is -2.16. The van der Waals surface area contributed by atoms with E-state index in [2.05, 4.69) is 9.97 Å². The van der Waals surface area contributed by atoms with Crippen molar-refractivity contribution in [3.05, 3.63) is 23.8 Å². The van der Waals surface area contributed by atoms with Gasteiger partial charge in [-0.2, -0.15) is 0 Å². The zero-order valence-corrected chi connectivity index (χ0v) is 8.46. The molecule has 1 aromatic rings. The van der Waals surface area contributed by atoms with E-state index < -0.39 is 0 Å². The standard InChI is InChI=1S/C10H14N2O/c1-7-8(12-6-5-11-7)9(13)10(2,3)4/h5-6H,1-4H3. The third kappa shape index (κ3) is 2.11. The summed E-state index contributed by atoms with van der Waals surface area (Å²) in [6.45, 7) is 7.43. The Hall–Kier alpha value is -1.25. The largest absolute Gasteiger partial charge is 0.292 e. The van der Waals surface area contributed by atoms with Crippen LogP contribution in [0.2, 0.25) is 0 Å². The summed E-state index contributed by atoms with van der Waals surface area (Å²) < 4.78 is 0. The van der Waals surface area contributed by atoms with Gasteiger partial charge in [0.2, 0.25) is 0 Å². The maximum atomic E-state index is 11.8. The van der Waals surface area contributed by atoms with Crippen LogP contribution >= 0.6 is 0 Å². The molecule has 0 fully saturated rings. The summed E-state index contributed by atoms with van der Waals surface area (Å²) in [6.07, 6.45) is 3.14. The second kappa shape index (κ2) is 3.24. The summed E-state index contributed by atoms with van der Waals surface area (Å²) in [4.78, 5) is 19.8. The van der Waals surface area contributed by atoms with Gasteiger partial charge in [-0.1, -0.05) is 20.8 Å². The van der Waals surface area contributed by atoms with E-state index in [4.69, 9.17) is 0 Å². The number of hydrogen-bond donors (Lipinski definition) is 0. The minimum atomic E-state index is -0.388. The molecule has 3 heteroatoms. The van der Waals surface area contributed by atoms with Crippen molar-refractivity contribution in [2.45, 2.75) is 27.7 Å². The van der Waals surface area contributed by atoms with Crippen molar-refractivity contribution in [2.75, 3.05) is 0 Å². The van der Waals surface area contributed by atoms with Gasteiger partial charge in [-0.15, -0.1) is 0 Å². The van der Waals surface area contributed by atoms with Gasteiger partial charge in [-0.25, -0.2) is 4.98 Å². The van der Waals surface area contributed by atoms with Crippen molar-refractivity contribution >= 4 is 5.78 Å². The number of aryl methyl sites for hydroxylation is 1. The highest BCUT2D eigenvalue weighted by atomic mass is 16.1. The first kappa shape index (κ1) is 9.84. The quantitative estimate of drug-likeness (QED) is 0.618. The molecule has 1 aromatic heterocycles. The van der Waals surface area contributed by atoms with Gasteiger partial charge in [-0.05, 0) is 6.92 Å². The molecule has 0 aliphatic rings. The van der Waals surface area contributed by atoms with Crippen LogP contribution in [0.1, 0.15) is 37.0 Å². The molecule has 70 valence electrons. The van der Waals surface area contributed by atoms with Crippen molar-refractivity contribution in [1.29, 1.82) is 0 Å². The van der Waals surface area contributed by atoms with Crippen LogP contribution in [0.5, 0.6) is 0 Å². The SMILES string of the molecule is Cc1nccnc1C(=O)C(C)(C)C. The lowest BCUT2D eigenvalue weighted by atomic mass is 9.88. The predicted octanol–water partition coefficient (Wildman–Crippen LogP) is 2.01. The first-order chi connectivity index (χ1) is 5.93. The predicted molar refractivity (Wildman–Crippen MR) is 50.6 cm³/mol. The zero-order chi connectivity index (χ0) is 10.1. The van der Waals surface area contributed by atoms with Crippen LogP contribution in [-0.2, 0) is 0 Å². The van der Waals surface area contributed by atoms with E-state index in [0.29, 0.717) is 11.4 Å². The second-order valence-electron chi connectivity index (χ2n) is 4.07. The Labute approximate surface area is 78.2 Å². The van der Waals surface area contributed by atoms with Crippen LogP contribution < -0.4 is 0 Å².